The van der Waals surface area contributed by atoms with E-state index in [0.29, 0.717) is 19.1 Å². The van der Waals surface area contributed by atoms with E-state index in [-0.39, 0.29) is 12.4 Å². The highest BCUT2D eigenvalue weighted by Crippen LogP contribution is 2.25. The SMILES string of the molecule is Cc1ccc(O)c(CN(CCO)C2CCCCC2)n1. The highest BCUT2D eigenvalue weighted by Gasteiger charge is 2.22. The molecule has 0 atom stereocenters. The van der Waals surface area contributed by atoms with Crippen LogP contribution in [-0.2, 0) is 6.54 Å². The summed E-state index contributed by atoms with van der Waals surface area (Å²) in [4.78, 5) is 6.68. The van der Waals surface area contributed by atoms with Crippen LogP contribution in [0.3, 0.4) is 0 Å². The molecule has 19 heavy (non-hydrogen) atoms. The van der Waals surface area contributed by atoms with Gasteiger partial charge in [0.05, 0.1) is 12.3 Å². The Kier molecular flexibility index (Phi) is 5.16. The zero-order valence-electron chi connectivity index (χ0n) is 11.7. The van der Waals surface area contributed by atoms with Gasteiger partial charge in [-0.05, 0) is 31.9 Å². The van der Waals surface area contributed by atoms with E-state index in [2.05, 4.69) is 9.88 Å². The molecule has 1 fully saturated rings. The number of aromatic nitrogens is 1. The second kappa shape index (κ2) is 6.87. The van der Waals surface area contributed by atoms with E-state index < -0.39 is 0 Å². The fourth-order valence-electron chi connectivity index (χ4n) is 2.88. The first-order valence-corrected chi connectivity index (χ1v) is 7.21. The third-order valence-electron chi connectivity index (χ3n) is 3.92. The van der Waals surface area contributed by atoms with Crippen LogP contribution in [0.5, 0.6) is 5.75 Å². The number of aliphatic hydroxyl groups excluding tert-OH is 1. The highest BCUT2D eigenvalue weighted by molar-refractivity contribution is 5.27. The summed E-state index contributed by atoms with van der Waals surface area (Å²) in [5.41, 5.74) is 1.64. The van der Waals surface area contributed by atoms with E-state index >= 15 is 0 Å². The maximum Gasteiger partial charge on any atom is 0.138 e. The Morgan fingerprint density at radius 3 is 2.68 bits per heavy atom. The molecule has 1 heterocycles. The third kappa shape index (κ3) is 3.91. The lowest BCUT2D eigenvalue weighted by atomic mass is 9.94. The van der Waals surface area contributed by atoms with Crippen LogP contribution in [0.15, 0.2) is 12.1 Å². The molecule has 0 radical (unpaired) electrons. The van der Waals surface area contributed by atoms with Gasteiger partial charge in [-0.25, -0.2) is 0 Å². The zero-order valence-corrected chi connectivity index (χ0v) is 11.7. The Bertz CT molecular complexity index is 403. The molecule has 0 saturated heterocycles. The van der Waals surface area contributed by atoms with Crippen LogP contribution in [0.2, 0.25) is 0 Å². The molecule has 4 nitrogen and oxygen atoms in total. The van der Waals surface area contributed by atoms with Crippen molar-refractivity contribution >= 4 is 0 Å². The molecule has 1 aliphatic rings. The first-order chi connectivity index (χ1) is 9.20. The quantitative estimate of drug-likeness (QED) is 0.856. The molecule has 4 heteroatoms. The standard InChI is InChI=1S/C15H24N2O2/c1-12-7-8-15(19)14(16-12)11-17(9-10-18)13-5-3-2-4-6-13/h7-8,13,18-19H,2-6,9-11H2,1H3. The smallest absolute Gasteiger partial charge is 0.138 e. The summed E-state index contributed by atoms with van der Waals surface area (Å²) in [6, 6.07) is 4.04. The summed E-state index contributed by atoms with van der Waals surface area (Å²) in [6.07, 6.45) is 6.22. The Morgan fingerprint density at radius 1 is 1.26 bits per heavy atom. The van der Waals surface area contributed by atoms with Crippen LogP contribution < -0.4 is 0 Å². The molecular formula is C15H24N2O2. The van der Waals surface area contributed by atoms with Crippen molar-refractivity contribution in [1.29, 1.82) is 0 Å². The lowest BCUT2D eigenvalue weighted by molar-refractivity contribution is 0.115. The molecule has 1 saturated carbocycles. The number of nitrogens with zero attached hydrogens (tertiary/aromatic N) is 2. The van der Waals surface area contributed by atoms with Gasteiger partial charge in [0.1, 0.15) is 5.75 Å². The van der Waals surface area contributed by atoms with E-state index in [1.165, 1.54) is 32.1 Å². The predicted octanol–water partition coefficient (Wildman–Crippen LogP) is 2.22. The summed E-state index contributed by atoms with van der Waals surface area (Å²) in [6.45, 7) is 3.36. The van der Waals surface area contributed by atoms with Crippen molar-refractivity contribution in [3.05, 3.63) is 23.5 Å². The Morgan fingerprint density at radius 2 is 2.00 bits per heavy atom. The third-order valence-corrected chi connectivity index (χ3v) is 3.92. The van der Waals surface area contributed by atoms with E-state index in [0.717, 1.165) is 11.4 Å². The van der Waals surface area contributed by atoms with Crippen molar-refractivity contribution in [2.24, 2.45) is 0 Å². The Hall–Kier alpha value is -1.13. The number of hydrogen-bond donors (Lipinski definition) is 2. The lowest BCUT2D eigenvalue weighted by Gasteiger charge is -2.33. The van der Waals surface area contributed by atoms with Gasteiger partial charge in [0.2, 0.25) is 0 Å². The molecule has 0 aromatic carbocycles. The van der Waals surface area contributed by atoms with Gasteiger partial charge in [-0.1, -0.05) is 19.3 Å². The summed E-state index contributed by atoms with van der Waals surface area (Å²) < 4.78 is 0. The second-order valence-corrected chi connectivity index (χ2v) is 5.40. The molecule has 1 aromatic rings. The Labute approximate surface area is 115 Å². The first kappa shape index (κ1) is 14.3. The van der Waals surface area contributed by atoms with Gasteiger partial charge in [-0.2, -0.15) is 0 Å². The van der Waals surface area contributed by atoms with Crippen LogP contribution in [0.25, 0.3) is 0 Å². The van der Waals surface area contributed by atoms with Gasteiger partial charge < -0.3 is 10.2 Å². The molecule has 0 aliphatic heterocycles. The molecule has 106 valence electrons. The molecular weight excluding hydrogens is 240 g/mol. The van der Waals surface area contributed by atoms with Gasteiger partial charge in [-0.15, -0.1) is 0 Å². The summed E-state index contributed by atoms with van der Waals surface area (Å²) in [5, 5.41) is 19.1. The fraction of sp³-hybridized carbons (Fsp3) is 0.667. The summed E-state index contributed by atoms with van der Waals surface area (Å²) >= 11 is 0. The largest absolute Gasteiger partial charge is 0.506 e. The van der Waals surface area contributed by atoms with E-state index in [1.807, 2.05) is 13.0 Å². The number of pyridine rings is 1. The molecule has 2 N–H and O–H groups in total. The van der Waals surface area contributed by atoms with Crippen molar-refractivity contribution in [2.45, 2.75) is 51.6 Å². The molecule has 1 aromatic heterocycles. The molecule has 0 bridgehead atoms. The Balaban J connectivity index is 2.08. The predicted molar refractivity (Wildman–Crippen MR) is 75.0 cm³/mol. The van der Waals surface area contributed by atoms with Crippen molar-refractivity contribution in [3.8, 4) is 5.75 Å². The van der Waals surface area contributed by atoms with Crippen LogP contribution in [0.4, 0.5) is 0 Å². The normalized spacial score (nSPS) is 17.0. The van der Waals surface area contributed by atoms with Gasteiger partial charge in [-0.3, -0.25) is 9.88 Å². The summed E-state index contributed by atoms with van der Waals surface area (Å²) in [7, 11) is 0. The maximum atomic E-state index is 9.90. The van der Waals surface area contributed by atoms with Crippen molar-refractivity contribution < 1.29 is 10.2 Å². The van der Waals surface area contributed by atoms with Crippen LogP contribution in [-0.4, -0.2) is 39.3 Å². The number of aromatic hydroxyl groups is 1. The van der Waals surface area contributed by atoms with E-state index in [1.54, 1.807) is 6.07 Å². The maximum absolute atomic E-state index is 9.90. The molecule has 0 unspecified atom stereocenters. The first-order valence-electron chi connectivity index (χ1n) is 7.21. The van der Waals surface area contributed by atoms with Crippen LogP contribution >= 0.6 is 0 Å². The van der Waals surface area contributed by atoms with Gasteiger partial charge in [0.25, 0.3) is 0 Å². The topological polar surface area (TPSA) is 56.6 Å². The van der Waals surface area contributed by atoms with Crippen molar-refractivity contribution in [2.75, 3.05) is 13.2 Å². The zero-order chi connectivity index (χ0) is 13.7. The molecule has 2 rings (SSSR count). The number of aliphatic hydroxyl groups is 1. The average Bonchev–Trinajstić information content (AvgIpc) is 2.43. The van der Waals surface area contributed by atoms with Gasteiger partial charge in [0, 0.05) is 24.8 Å². The lowest BCUT2D eigenvalue weighted by Crippen LogP contribution is -2.38. The minimum Gasteiger partial charge on any atom is -0.506 e. The average molecular weight is 264 g/mol. The van der Waals surface area contributed by atoms with Crippen molar-refractivity contribution in [3.63, 3.8) is 0 Å². The van der Waals surface area contributed by atoms with Crippen LogP contribution in [0, 0.1) is 6.92 Å². The number of rotatable bonds is 5. The highest BCUT2D eigenvalue weighted by atomic mass is 16.3. The minimum atomic E-state index is 0.156. The second-order valence-electron chi connectivity index (χ2n) is 5.40. The fourth-order valence-corrected chi connectivity index (χ4v) is 2.88. The van der Waals surface area contributed by atoms with Gasteiger partial charge >= 0.3 is 0 Å². The van der Waals surface area contributed by atoms with E-state index in [9.17, 15) is 10.2 Å². The summed E-state index contributed by atoms with van der Waals surface area (Å²) in [5.74, 6) is 0.254. The molecule has 1 aliphatic carbocycles. The van der Waals surface area contributed by atoms with Crippen molar-refractivity contribution in [1.82, 2.24) is 9.88 Å². The van der Waals surface area contributed by atoms with E-state index in [4.69, 9.17) is 0 Å². The minimum absolute atomic E-state index is 0.156. The van der Waals surface area contributed by atoms with Crippen LogP contribution in [0.1, 0.15) is 43.5 Å². The van der Waals surface area contributed by atoms with Gasteiger partial charge in [0.15, 0.2) is 0 Å². The molecule has 0 spiro atoms. The monoisotopic (exact) mass is 264 g/mol. The number of aryl methyl sites for hydroxylation is 1. The molecule has 0 amide bonds. The number of hydrogen-bond acceptors (Lipinski definition) is 4.